The van der Waals surface area contributed by atoms with Crippen molar-refractivity contribution in [3.05, 3.63) is 0 Å². The fourth-order valence-corrected chi connectivity index (χ4v) is 2.88. The van der Waals surface area contributed by atoms with Crippen LogP contribution in [0.15, 0.2) is 0 Å². The first-order chi connectivity index (χ1) is 6.33. The molecule has 0 bridgehead atoms. The van der Waals surface area contributed by atoms with Gasteiger partial charge in [-0.2, -0.15) is 0 Å². The molecule has 0 amide bonds. The smallest absolute Gasteiger partial charge is 0.271 e. The van der Waals surface area contributed by atoms with Gasteiger partial charge in [0.15, 0.2) is 0 Å². The maximum atomic E-state index is 12.1. The molecule has 0 radical (unpaired) electrons. The molecular formula is C9H24N3OP. The van der Waals surface area contributed by atoms with Crippen molar-refractivity contribution in [3.8, 4) is 0 Å². The summed E-state index contributed by atoms with van der Waals surface area (Å²) in [5, 5.41) is 9.00. The van der Waals surface area contributed by atoms with Crippen LogP contribution in [0.25, 0.3) is 0 Å². The largest absolute Gasteiger partial charge is 0.279 e. The van der Waals surface area contributed by atoms with Gasteiger partial charge in [-0.05, 0) is 5.41 Å². The molecule has 0 fully saturated rings. The Labute approximate surface area is 87.8 Å². The number of rotatable bonds is 6. The minimum atomic E-state index is -2.57. The molecule has 86 valence electrons. The third kappa shape index (κ3) is 6.55. The van der Waals surface area contributed by atoms with Crippen LogP contribution in [0.2, 0.25) is 0 Å². The van der Waals surface area contributed by atoms with Gasteiger partial charge >= 0.3 is 0 Å². The van der Waals surface area contributed by atoms with Crippen molar-refractivity contribution in [2.45, 2.75) is 34.6 Å². The highest BCUT2D eigenvalue weighted by atomic mass is 31.2. The standard InChI is InChI=1S/C9H24N3OP/c1-6-10-14(13,11-7-2)12-8-9(3,4)5/h6-8H2,1-5H3,(H3,10,11,12,13). The van der Waals surface area contributed by atoms with E-state index in [1.807, 2.05) is 13.8 Å². The highest BCUT2D eigenvalue weighted by Gasteiger charge is 2.21. The maximum Gasteiger partial charge on any atom is 0.279 e. The Morgan fingerprint density at radius 2 is 1.43 bits per heavy atom. The minimum Gasteiger partial charge on any atom is -0.271 e. The number of hydrogen-bond donors (Lipinski definition) is 3. The average Bonchev–Trinajstić information content (AvgIpc) is 2.01. The van der Waals surface area contributed by atoms with Gasteiger partial charge in [0, 0.05) is 19.6 Å². The molecule has 0 atom stereocenters. The van der Waals surface area contributed by atoms with Crippen LogP contribution in [0.3, 0.4) is 0 Å². The Kier molecular flexibility index (Phi) is 5.91. The minimum absolute atomic E-state index is 0.139. The lowest BCUT2D eigenvalue weighted by molar-refractivity contribution is 0.404. The Morgan fingerprint density at radius 1 is 1.00 bits per heavy atom. The van der Waals surface area contributed by atoms with Gasteiger partial charge in [-0.25, -0.2) is 15.3 Å². The Bertz CT molecular complexity index is 191. The Morgan fingerprint density at radius 3 is 1.71 bits per heavy atom. The monoisotopic (exact) mass is 221 g/mol. The normalized spacial score (nSPS) is 13.2. The zero-order valence-electron chi connectivity index (χ0n) is 9.98. The van der Waals surface area contributed by atoms with E-state index in [1.165, 1.54) is 0 Å². The molecule has 0 heterocycles. The molecule has 0 unspecified atom stereocenters. The van der Waals surface area contributed by atoms with E-state index in [4.69, 9.17) is 0 Å². The summed E-state index contributed by atoms with van der Waals surface area (Å²) in [6, 6.07) is 0. The maximum absolute atomic E-state index is 12.1. The Hall–Kier alpha value is 0.110. The highest BCUT2D eigenvalue weighted by Crippen LogP contribution is 2.30. The molecule has 14 heavy (non-hydrogen) atoms. The van der Waals surface area contributed by atoms with Crippen molar-refractivity contribution in [3.63, 3.8) is 0 Å². The zero-order chi connectivity index (χ0) is 11.2. The first-order valence-corrected chi connectivity index (χ1v) is 6.89. The van der Waals surface area contributed by atoms with Gasteiger partial charge < -0.3 is 0 Å². The molecule has 0 aliphatic carbocycles. The van der Waals surface area contributed by atoms with Crippen LogP contribution < -0.4 is 15.3 Å². The second kappa shape index (κ2) is 5.86. The third-order valence-corrected chi connectivity index (χ3v) is 3.72. The molecule has 0 rings (SSSR count). The van der Waals surface area contributed by atoms with Gasteiger partial charge in [-0.15, -0.1) is 0 Å². The van der Waals surface area contributed by atoms with E-state index in [9.17, 15) is 4.57 Å². The second-order valence-corrected chi connectivity index (χ2v) is 6.70. The fourth-order valence-electron chi connectivity index (χ4n) is 0.962. The van der Waals surface area contributed by atoms with E-state index < -0.39 is 7.59 Å². The van der Waals surface area contributed by atoms with Gasteiger partial charge in [-0.1, -0.05) is 34.6 Å². The predicted octanol–water partition coefficient (Wildman–Crippen LogP) is 1.95. The van der Waals surface area contributed by atoms with Crippen molar-refractivity contribution in [1.82, 2.24) is 15.3 Å². The summed E-state index contributed by atoms with van der Waals surface area (Å²) in [5.41, 5.74) is 0.139. The third-order valence-electron chi connectivity index (χ3n) is 1.59. The van der Waals surface area contributed by atoms with Crippen LogP contribution in [0, 0.1) is 5.41 Å². The van der Waals surface area contributed by atoms with Gasteiger partial charge in [0.05, 0.1) is 0 Å². The molecule has 5 heteroatoms. The van der Waals surface area contributed by atoms with Crippen molar-refractivity contribution in [1.29, 1.82) is 0 Å². The fraction of sp³-hybridized carbons (Fsp3) is 1.00. The predicted molar refractivity (Wildman–Crippen MR) is 62.4 cm³/mol. The van der Waals surface area contributed by atoms with Crippen LogP contribution in [-0.2, 0) is 4.57 Å². The van der Waals surface area contributed by atoms with E-state index in [0.717, 1.165) is 6.54 Å². The zero-order valence-corrected chi connectivity index (χ0v) is 10.9. The van der Waals surface area contributed by atoms with E-state index >= 15 is 0 Å². The second-order valence-electron chi connectivity index (χ2n) is 4.53. The molecular weight excluding hydrogens is 197 g/mol. The molecule has 0 aliphatic rings. The number of nitrogens with one attached hydrogen (secondary N) is 3. The van der Waals surface area contributed by atoms with Gasteiger partial charge in [0.2, 0.25) is 0 Å². The molecule has 0 aliphatic heterocycles. The van der Waals surface area contributed by atoms with Crippen LogP contribution >= 0.6 is 7.59 Å². The lowest BCUT2D eigenvalue weighted by Crippen LogP contribution is -2.36. The van der Waals surface area contributed by atoms with Crippen molar-refractivity contribution < 1.29 is 4.57 Å². The Balaban J connectivity index is 4.16. The van der Waals surface area contributed by atoms with E-state index in [0.29, 0.717) is 13.1 Å². The van der Waals surface area contributed by atoms with Crippen LogP contribution in [0.5, 0.6) is 0 Å². The molecule has 4 nitrogen and oxygen atoms in total. The summed E-state index contributed by atoms with van der Waals surface area (Å²) in [7, 11) is -2.57. The summed E-state index contributed by atoms with van der Waals surface area (Å²) >= 11 is 0. The van der Waals surface area contributed by atoms with Gasteiger partial charge in [0.1, 0.15) is 0 Å². The van der Waals surface area contributed by atoms with E-state index in [1.54, 1.807) is 0 Å². The van der Waals surface area contributed by atoms with Crippen LogP contribution in [-0.4, -0.2) is 19.6 Å². The van der Waals surface area contributed by atoms with E-state index in [2.05, 4.69) is 36.0 Å². The molecule has 0 saturated carbocycles. The lowest BCUT2D eigenvalue weighted by atomic mass is 9.98. The first-order valence-electron chi connectivity index (χ1n) is 5.18. The SMILES string of the molecule is CCNP(=O)(NCC)NCC(C)(C)C. The van der Waals surface area contributed by atoms with Crippen molar-refractivity contribution in [2.75, 3.05) is 19.6 Å². The van der Waals surface area contributed by atoms with Crippen molar-refractivity contribution in [2.24, 2.45) is 5.41 Å². The van der Waals surface area contributed by atoms with Gasteiger partial charge in [0.25, 0.3) is 7.59 Å². The summed E-state index contributed by atoms with van der Waals surface area (Å²) < 4.78 is 12.1. The van der Waals surface area contributed by atoms with Crippen molar-refractivity contribution >= 4 is 7.59 Å². The molecule has 3 N–H and O–H groups in total. The summed E-state index contributed by atoms with van der Waals surface area (Å²) in [5.74, 6) is 0. The molecule has 0 aromatic heterocycles. The summed E-state index contributed by atoms with van der Waals surface area (Å²) in [6.45, 7) is 12.4. The molecule has 0 spiro atoms. The van der Waals surface area contributed by atoms with Gasteiger partial charge in [-0.3, -0.25) is 4.57 Å². The number of hydrogen-bond acceptors (Lipinski definition) is 1. The molecule has 0 aromatic rings. The molecule has 0 aromatic carbocycles. The topological polar surface area (TPSA) is 53.2 Å². The van der Waals surface area contributed by atoms with Crippen LogP contribution in [0.4, 0.5) is 0 Å². The molecule has 0 saturated heterocycles. The van der Waals surface area contributed by atoms with E-state index in [-0.39, 0.29) is 5.41 Å². The highest BCUT2D eigenvalue weighted by molar-refractivity contribution is 7.57. The lowest BCUT2D eigenvalue weighted by Gasteiger charge is -2.25. The summed E-state index contributed by atoms with van der Waals surface area (Å²) in [6.07, 6.45) is 0. The summed E-state index contributed by atoms with van der Waals surface area (Å²) in [4.78, 5) is 0. The first kappa shape index (κ1) is 14.1. The van der Waals surface area contributed by atoms with Crippen LogP contribution in [0.1, 0.15) is 34.6 Å². The average molecular weight is 221 g/mol. The quantitative estimate of drug-likeness (QED) is 0.600.